The Morgan fingerprint density at radius 3 is 2.45 bits per heavy atom. The summed E-state index contributed by atoms with van der Waals surface area (Å²) in [6.07, 6.45) is 16.1. The van der Waals surface area contributed by atoms with Gasteiger partial charge in [0.1, 0.15) is 0 Å². The van der Waals surface area contributed by atoms with E-state index in [0.29, 0.717) is 5.92 Å². The molecule has 2 aliphatic rings. The van der Waals surface area contributed by atoms with Crippen LogP contribution in [-0.2, 0) is 9.62 Å². The van der Waals surface area contributed by atoms with Crippen molar-refractivity contribution in [1.29, 1.82) is 0 Å². The van der Waals surface area contributed by atoms with Gasteiger partial charge in [0.05, 0.1) is 5.76 Å². The molecule has 20 heavy (non-hydrogen) atoms. The molecule has 0 aromatic carbocycles. The molecule has 2 bridgehead atoms. The molecule has 3 heteroatoms. The van der Waals surface area contributed by atoms with Crippen molar-refractivity contribution < 1.29 is 14.9 Å². The largest absolute Gasteiger partial charge is 0.464 e. The molecular formula is C17H30O3. The lowest BCUT2D eigenvalue weighted by Crippen LogP contribution is -2.40. The molecule has 0 aromatic rings. The highest BCUT2D eigenvalue weighted by Gasteiger charge is 2.40. The van der Waals surface area contributed by atoms with Gasteiger partial charge in [-0.05, 0) is 31.3 Å². The summed E-state index contributed by atoms with van der Waals surface area (Å²) >= 11 is 0. The normalized spacial score (nSPS) is 36.3. The van der Waals surface area contributed by atoms with Gasteiger partial charge in [0, 0.05) is 19.3 Å². The highest BCUT2D eigenvalue weighted by atomic mass is 17.1. The van der Waals surface area contributed by atoms with E-state index in [4.69, 9.17) is 9.62 Å². The van der Waals surface area contributed by atoms with Crippen LogP contribution in [0.4, 0.5) is 0 Å². The van der Waals surface area contributed by atoms with Gasteiger partial charge >= 0.3 is 0 Å². The number of hydrogen-bond donors (Lipinski definition) is 1. The summed E-state index contributed by atoms with van der Waals surface area (Å²) in [5, 5.41) is 9.36. The molecular weight excluding hydrogens is 252 g/mol. The summed E-state index contributed by atoms with van der Waals surface area (Å²) in [4.78, 5) is 4.82. The Morgan fingerprint density at radius 1 is 1.10 bits per heavy atom. The molecule has 0 saturated carbocycles. The van der Waals surface area contributed by atoms with Crippen molar-refractivity contribution in [2.45, 2.75) is 89.8 Å². The molecule has 2 rings (SSSR count). The molecule has 3 nitrogen and oxygen atoms in total. The zero-order valence-corrected chi connectivity index (χ0v) is 12.9. The van der Waals surface area contributed by atoms with E-state index in [1.54, 1.807) is 0 Å². The summed E-state index contributed by atoms with van der Waals surface area (Å²) in [6, 6.07) is 0. The lowest BCUT2D eigenvalue weighted by molar-refractivity contribution is -0.408. The molecule has 116 valence electrons. The van der Waals surface area contributed by atoms with Crippen molar-refractivity contribution in [3.8, 4) is 0 Å². The van der Waals surface area contributed by atoms with E-state index in [-0.39, 0.29) is 0 Å². The predicted molar refractivity (Wildman–Crippen MR) is 80.2 cm³/mol. The first kappa shape index (κ1) is 15.8. The summed E-state index contributed by atoms with van der Waals surface area (Å²) < 4.78 is 6.03. The quantitative estimate of drug-likeness (QED) is 0.515. The highest BCUT2D eigenvalue weighted by Crippen LogP contribution is 2.39. The number of rotatable bonds is 1. The molecule has 0 amide bonds. The fraction of sp³-hybridized carbons (Fsp3) is 0.882. The minimum Gasteiger partial charge on any atom is -0.464 e. The molecule has 0 spiro atoms. The van der Waals surface area contributed by atoms with E-state index in [1.807, 2.05) is 0 Å². The molecule has 1 fully saturated rings. The van der Waals surface area contributed by atoms with E-state index < -0.39 is 5.79 Å². The van der Waals surface area contributed by atoms with Gasteiger partial charge in [0.25, 0.3) is 0 Å². The van der Waals surface area contributed by atoms with Gasteiger partial charge in [0.15, 0.2) is 0 Å². The first-order chi connectivity index (χ1) is 9.74. The summed E-state index contributed by atoms with van der Waals surface area (Å²) in [6.45, 7) is 2.22. The Morgan fingerprint density at radius 2 is 1.75 bits per heavy atom. The summed E-state index contributed by atoms with van der Waals surface area (Å²) in [5.74, 6) is 0.748. The van der Waals surface area contributed by atoms with Crippen molar-refractivity contribution in [2.75, 3.05) is 0 Å². The fourth-order valence-corrected chi connectivity index (χ4v) is 3.51. The van der Waals surface area contributed by atoms with Crippen LogP contribution < -0.4 is 0 Å². The van der Waals surface area contributed by atoms with E-state index >= 15 is 0 Å². The average molecular weight is 282 g/mol. The van der Waals surface area contributed by atoms with Gasteiger partial charge in [0.2, 0.25) is 5.79 Å². The Labute approximate surface area is 123 Å². The molecule has 2 heterocycles. The average Bonchev–Trinajstić information content (AvgIpc) is 2.43. The van der Waals surface area contributed by atoms with Crippen LogP contribution >= 0.6 is 0 Å². The lowest BCUT2D eigenvalue weighted by atomic mass is 9.89. The van der Waals surface area contributed by atoms with Crippen LogP contribution in [0.3, 0.4) is 0 Å². The Bertz CT molecular complexity index is 313. The maximum Gasteiger partial charge on any atom is 0.240 e. The number of hydrogen-bond acceptors (Lipinski definition) is 3. The lowest BCUT2D eigenvalue weighted by Gasteiger charge is -2.39. The highest BCUT2D eigenvalue weighted by molar-refractivity contribution is 5.00. The van der Waals surface area contributed by atoms with Crippen molar-refractivity contribution >= 4 is 0 Å². The zero-order valence-electron chi connectivity index (χ0n) is 12.9. The SMILES string of the molecule is CC1C/C2=C\CCCCCCCCCCC(OO)(C1)O2. The van der Waals surface area contributed by atoms with Crippen LogP contribution in [0.5, 0.6) is 0 Å². The van der Waals surface area contributed by atoms with Gasteiger partial charge in [-0.15, -0.1) is 0 Å². The first-order valence-electron chi connectivity index (χ1n) is 8.45. The predicted octanol–water partition coefficient (Wildman–Crippen LogP) is 5.42. The van der Waals surface area contributed by atoms with Gasteiger partial charge in [-0.1, -0.05) is 45.4 Å². The molecule has 1 saturated heterocycles. The second-order valence-corrected chi connectivity index (χ2v) is 6.65. The standard InChI is InChI=1S/C17H30O3/c1-15-13-16-11-9-7-5-3-2-4-6-8-10-12-17(14-15,19-16)20-18/h11,15,18H,2-10,12-14H2,1H3/b16-11+. The minimum atomic E-state index is -0.784. The number of fused-ring (bicyclic) bond motifs is 2. The van der Waals surface area contributed by atoms with Gasteiger partial charge < -0.3 is 4.74 Å². The molecule has 2 atom stereocenters. The summed E-state index contributed by atoms with van der Waals surface area (Å²) in [5.41, 5.74) is 0. The van der Waals surface area contributed by atoms with Gasteiger partial charge in [-0.25, -0.2) is 5.26 Å². The zero-order chi connectivity index (χ0) is 14.3. The molecule has 1 N–H and O–H groups in total. The maximum absolute atomic E-state index is 9.36. The molecule has 2 unspecified atom stereocenters. The Kier molecular flexibility index (Phi) is 6.37. The second kappa shape index (κ2) is 8.04. The molecule has 0 aliphatic carbocycles. The fourth-order valence-electron chi connectivity index (χ4n) is 3.51. The van der Waals surface area contributed by atoms with Crippen LogP contribution in [-0.4, -0.2) is 11.0 Å². The third-order valence-corrected chi connectivity index (χ3v) is 4.58. The van der Waals surface area contributed by atoms with Crippen molar-refractivity contribution in [2.24, 2.45) is 5.92 Å². The van der Waals surface area contributed by atoms with E-state index in [9.17, 15) is 5.26 Å². The van der Waals surface area contributed by atoms with Crippen LogP contribution in [0.25, 0.3) is 0 Å². The third-order valence-electron chi connectivity index (χ3n) is 4.58. The van der Waals surface area contributed by atoms with Crippen LogP contribution in [0, 0.1) is 5.92 Å². The number of ether oxygens (including phenoxy) is 1. The maximum atomic E-state index is 9.36. The molecule has 0 aromatic heterocycles. The smallest absolute Gasteiger partial charge is 0.240 e. The monoisotopic (exact) mass is 282 g/mol. The van der Waals surface area contributed by atoms with Crippen LogP contribution in [0.2, 0.25) is 0 Å². The molecule has 0 radical (unpaired) electrons. The van der Waals surface area contributed by atoms with Crippen molar-refractivity contribution in [3.63, 3.8) is 0 Å². The minimum absolute atomic E-state index is 0.509. The van der Waals surface area contributed by atoms with E-state index in [0.717, 1.165) is 37.9 Å². The summed E-state index contributed by atoms with van der Waals surface area (Å²) in [7, 11) is 0. The van der Waals surface area contributed by atoms with Crippen LogP contribution in [0.15, 0.2) is 11.8 Å². The number of allylic oxidation sites excluding steroid dienone is 2. The van der Waals surface area contributed by atoms with Gasteiger partial charge in [-0.3, -0.25) is 0 Å². The van der Waals surface area contributed by atoms with Crippen LogP contribution in [0.1, 0.15) is 84.0 Å². The Hall–Kier alpha value is -0.540. The molecule has 2 aliphatic heterocycles. The van der Waals surface area contributed by atoms with Crippen molar-refractivity contribution in [1.82, 2.24) is 0 Å². The topological polar surface area (TPSA) is 38.7 Å². The van der Waals surface area contributed by atoms with Gasteiger partial charge in [-0.2, -0.15) is 4.89 Å². The first-order valence-corrected chi connectivity index (χ1v) is 8.45. The third kappa shape index (κ3) is 4.78. The van der Waals surface area contributed by atoms with E-state index in [2.05, 4.69) is 13.0 Å². The second-order valence-electron chi connectivity index (χ2n) is 6.65. The van der Waals surface area contributed by atoms with E-state index in [1.165, 1.54) is 44.9 Å². The van der Waals surface area contributed by atoms with Crippen molar-refractivity contribution in [3.05, 3.63) is 11.8 Å². The Balaban J connectivity index is 2.02.